The van der Waals surface area contributed by atoms with E-state index in [1.54, 1.807) is 26.8 Å². The van der Waals surface area contributed by atoms with Crippen molar-refractivity contribution in [1.82, 2.24) is 14.9 Å². The van der Waals surface area contributed by atoms with Crippen LogP contribution in [0.2, 0.25) is 0 Å². The molecular weight excluding hydrogens is 434 g/mol. The lowest BCUT2D eigenvalue weighted by molar-refractivity contribution is -0.146. The van der Waals surface area contributed by atoms with Crippen LogP contribution in [0, 0.1) is 0 Å². The normalized spacial score (nSPS) is 13.1. The van der Waals surface area contributed by atoms with Gasteiger partial charge in [0.05, 0.1) is 12.1 Å². The second-order valence-corrected chi connectivity index (χ2v) is 7.52. The second kappa shape index (κ2) is 7.87. The number of fused-ring (bicyclic) bond motifs is 1. The summed E-state index contributed by atoms with van der Waals surface area (Å²) in [6.07, 6.45) is -4.51. The van der Waals surface area contributed by atoms with E-state index in [1.165, 1.54) is 12.1 Å². The number of aromatic nitrogens is 2. The molecule has 0 atom stereocenters. The molecule has 1 aromatic heterocycles. The number of carbonyl (C=O) groups excluding carboxylic acids is 1. The van der Waals surface area contributed by atoms with E-state index in [9.17, 15) is 22.4 Å². The maximum Gasteiger partial charge on any atom is 0.449 e. The molecule has 2 aromatic rings. The Morgan fingerprint density at radius 2 is 2.00 bits per heavy atom. The maximum atomic E-state index is 14.2. The first kappa shape index (κ1) is 21.2. The molecule has 0 unspecified atom stereocenters. The van der Waals surface area contributed by atoms with Crippen LogP contribution in [0.25, 0.3) is 11.0 Å². The third-order valence-electron chi connectivity index (χ3n) is 3.26. The monoisotopic (exact) mass is 451 g/mol. The highest BCUT2D eigenvalue weighted by Crippen LogP contribution is 2.34. The Kier molecular flexibility index (Phi) is 6.18. The predicted octanol–water partition coefficient (Wildman–Crippen LogP) is 5.20. The molecule has 0 saturated carbocycles. The number of rotatable bonds is 4. The lowest BCUT2D eigenvalue weighted by Gasteiger charge is -2.19. The lowest BCUT2D eigenvalue weighted by Crippen LogP contribution is -2.32. The average molecular weight is 452 g/mol. The van der Waals surface area contributed by atoms with Gasteiger partial charge in [0, 0.05) is 11.0 Å². The van der Waals surface area contributed by atoms with E-state index in [2.05, 4.69) is 26.2 Å². The number of allylic oxidation sites excluding steroid dienone is 1. The quantitative estimate of drug-likeness (QED) is 0.650. The molecule has 1 aromatic carbocycles. The van der Waals surface area contributed by atoms with Gasteiger partial charge in [-0.25, -0.2) is 14.2 Å². The molecule has 0 fully saturated rings. The van der Waals surface area contributed by atoms with Gasteiger partial charge in [0.2, 0.25) is 5.82 Å². The Hall–Kier alpha value is -2.10. The highest BCUT2D eigenvalue weighted by Gasteiger charge is 2.38. The summed E-state index contributed by atoms with van der Waals surface area (Å²) in [4.78, 5) is 15.1. The maximum absolute atomic E-state index is 14.2. The van der Waals surface area contributed by atoms with E-state index in [4.69, 9.17) is 4.74 Å². The number of hydrogen-bond acceptors (Lipinski definition) is 3. The van der Waals surface area contributed by atoms with Crippen LogP contribution in [0.4, 0.5) is 22.4 Å². The van der Waals surface area contributed by atoms with Crippen LogP contribution in [0.1, 0.15) is 26.6 Å². The average Bonchev–Trinajstić information content (AvgIpc) is 2.85. The topological polar surface area (TPSA) is 56.1 Å². The second-order valence-electron chi connectivity index (χ2n) is 6.66. The Balaban J connectivity index is 2.20. The number of hydrogen-bond donors (Lipinski definition) is 1. The van der Waals surface area contributed by atoms with Crippen LogP contribution in [0.3, 0.4) is 0 Å². The van der Waals surface area contributed by atoms with Crippen LogP contribution in [-0.4, -0.2) is 27.8 Å². The van der Waals surface area contributed by atoms with Crippen molar-refractivity contribution in [1.29, 1.82) is 0 Å². The Labute approximate surface area is 161 Å². The number of halogens is 5. The van der Waals surface area contributed by atoms with Crippen molar-refractivity contribution in [3.8, 4) is 0 Å². The van der Waals surface area contributed by atoms with Crippen molar-refractivity contribution >= 4 is 33.1 Å². The molecule has 1 heterocycles. The number of imidazole rings is 1. The Bertz CT molecular complexity index is 869. The fourth-order valence-electron chi connectivity index (χ4n) is 2.26. The molecular formula is C17H18BrF4N3O2. The van der Waals surface area contributed by atoms with Crippen molar-refractivity contribution in [3.05, 3.63) is 40.4 Å². The SMILES string of the molecule is CC(C)(C)OC(=O)NC/C=C(\F)Cn1c(C(F)(F)F)nc2c(Br)cccc21. The zero-order valence-corrected chi connectivity index (χ0v) is 16.4. The van der Waals surface area contributed by atoms with E-state index in [1.807, 2.05) is 0 Å². The lowest BCUT2D eigenvalue weighted by atomic mass is 10.2. The predicted molar refractivity (Wildman–Crippen MR) is 95.9 cm³/mol. The Morgan fingerprint density at radius 1 is 1.33 bits per heavy atom. The molecule has 2 rings (SSSR count). The van der Waals surface area contributed by atoms with Gasteiger partial charge in [0.15, 0.2) is 0 Å². The molecule has 10 heteroatoms. The van der Waals surface area contributed by atoms with Crippen molar-refractivity contribution in [2.75, 3.05) is 6.54 Å². The van der Waals surface area contributed by atoms with Gasteiger partial charge in [-0.2, -0.15) is 13.2 Å². The molecule has 27 heavy (non-hydrogen) atoms. The number of ether oxygens (including phenoxy) is 1. The first-order chi connectivity index (χ1) is 12.4. The molecule has 0 aliphatic rings. The molecule has 0 aliphatic heterocycles. The molecule has 0 aliphatic carbocycles. The van der Waals surface area contributed by atoms with Gasteiger partial charge in [-0.1, -0.05) is 6.07 Å². The molecule has 1 N–H and O–H groups in total. The number of amides is 1. The summed E-state index contributed by atoms with van der Waals surface area (Å²) >= 11 is 3.15. The van der Waals surface area contributed by atoms with Crippen molar-refractivity contribution in [3.63, 3.8) is 0 Å². The van der Waals surface area contributed by atoms with E-state index >= 15 is 0 Å². The van der Waals surface area contributed by atoms with E-state index in [0.717, 1.165) is 10.6 Å². The first-order valence-electron chi connectivity index (χ1n) is 7.92. The van der Waals surface area contributed by atoms with Gasteiger partial charge in [-0.15, -0.1) is 0 Å². The van der Waals surface area contributed by atoms with E-state index in [-0.39, 0.29) is 17.6 Å². The molecule has 0 spiro atoms. The fraction of sp³-hybridized carbons (Fsp3) is 0.412. The fourth-order valence-corrected chi connectivity index (χ4v) is 2.71. The highest BCUT2D eigenvalue weighted by atomic mass is 79.9. The Morgan fingerprint density at radius 3 is 2.59 bits per heavy atom. The van der Waals surface area contributed by atoms with E-state index < -0.39 is 36.1 Å². The molecule has 1 amide bonds. The third-order valence-corrected chi connectivity index (χ3v) is 3.90. The minimum absolute atomic E-state index is 0.0875. The summed E-state index contributed by atoms with van der Waals surface area (Å²) in [5.41, 5.74) is -0.485. The summed E-state index contributed by atoms with van der Waals surface area (Å²) in [7, 11) is 0. The van der Waals surface area contributed by atoms with Gasteiger partial charge in [-0.3, -0.25) is 0 Å². The zero-order chi connectivity index (χ0) is 20.4. The number of alkyl carbamates (subject to hydrolysis) is 1. The first-order valence-corrected chi connectivity index (χ1v) is 8.71. The zero-order valence-electron chi connectivity index (χ0n) is 14.8. The molecule has 5 nitrogen and oxygen atoms in total. The standard InChI is InChI=1S/C17H18BrF4N3O2/c1-16(2,3)27-15(26)23-8-7-10(19)9-25-12-6-4-5-11(18)13(12)24-14(25)17(20,21)22/h4-7H,8-9H2,1-3H3,(H,23,26)/b10-7-. The summed E-state index contributed by atoms with van der Waals surface area (Å²) in [5.74, 6) is -2.05. The number of carbonyl (C=O) groups is 1. The van der Waals surface area contributed by atoms with E-state index in [0.29, 0.717) is 4.47 Å². The van der Waals surface area contributed by atoms with Gasteiger partial charge in [-0.05, 0) is 54.9 Å². The van der Waals surface area contributed by atoms with Crippen molar-refractivity contribution in [2.24, 2.45) is 0 Å². The van der Waals surface area contributed by atoms with Crippen molar-refractivity contribution < 1.29 is 27.1 Å². The summed E-state index contributed by atoms with van der Waals surface area (Å²) in [6.45, 7) is 4.12. The van der Waals surface area contributed by atoms with Gasteiger partial charge < -0.3 is 14.6 Å². The number of nitrogens with zero attached hydrogens (tertiary/aromatic N) is 2. The van der Waals surface area contributed by atoms with Crippen LogP contribution >= 0.6 is 15.9 Å². The molecule has 0 saturated heterocycles. The minimum atomic E-state index is -4.74. The largest absolute Gasteiger partial charge is 0.449 e. The number of benzene rings is 1. The minimum Gasteiger partial charge on any atom is -0.444 e. The summed E-state index contributed by atoms with van der Waals surface area (Å²) in [5, 5.41) is 2.31. The van der Waals surface area contributed by atoms with Crippen LogP contribution in [0.15, 0.2) is 34.6 Å². The van der Waals surface area contributed by atoms with Crippen molar-refractivity contribution in [2.45, 2.75) is 39.1 Å². The number of nitrogens with one attached hydrogen (secondary N) is 1. The van der Waals surface area contributed by atoms with Gasteiger partial charge in [0.25, 0.3) is 0 Å². The number of para-hydroxylation sites is 1. The number of alkyl halides is 3. The smallest absolute Gasteiger partial charge is 0.444 e. The van der Waals surface area contributed by atoms with Gasteiger partial charge >= 0.3 is 12.3 Å². The summed E-state index contributed by atoms with van der Waals surface area (Å²) in [6, 6.07) is 4.52. The van der Waals surface area contributed by atoms with Gasteiger partial charge in [0.1, 0.15) is 16.9 Å². The molecule has 0 bridgehead atoms. The highest BCUT2D eigenvalue weighted by molar-refractivity contribution is 9.10. The van der Waals surface area contributed by atoms with Crippen LogP contribution < -0.4 is 5.32 Å². The molecule has 148 valence electrons. The van der Waals surface area contributed by atoms with Crippen LogP contribution in [-0.2, 0) is 17.5 Å². The summed E-state index contributed by atoms with van der Waals surface area (Å²) < 4.78 is 60.1. The molecule has 0 radical (unpaired) electrons. The third kappa shape index (κ3) is 5.69. The van der Waals surface area contributed by atoms with Crippen LogP contribution in [0.5, 0.6) is 0 Å².